The lowest BCUT2D eigenvalue weighted by atomic mass is 10.1. The molecule has 0 heterocycles. The van der Waals surface area contributed by atoms with Crippen molar-refractivity contribution in [2.24, 2.45) is 5.73 Å². The van der Waals surface area contributed by atoms with Gasteiger partial charge in [-0.05, 0) is 17.7 Å². The molecule has 0 saturated heterocycles. The Balaban J connectivity index is 2.96. The third-order valence-corrected chi connectivity index (χ3v) is 2.04. The molecule has 0 amide bonds. The summed E-state index contributed by atoms with van der Waals surface area (Å²) >= 11 is 0. The van der Waals surface area contributed by atoms with Crippen LogP contribution in [0.3, 0.4) is 0 Å². The molecule has 3 nitrogen and oxygen atoms in total. The number of hydrogen-bond acceptors (Lipinski definition) is 3. The molecule has 82 valence electrons. The summed E-state index contributed by atoms with van der Waals surface area (Å²) in [5.41, 5.74) is 7.56. The molecular weight excluding hydrogens is 190 g/mol. The van der Waals surface area contributed by atoms with Crippen LogP contribution in [0.2, 0.25) is 0 Å². The summed E-state index contributed by atoms with van der Waals surface area (Å²) in [7, 11) is 3.34. The zero-order valence-electron chi connectivity index (χ0n) is 9.19. The van der Waals surface area contributed by atoms with Crippen LogP contribution in [-0.4, -0.2) is 20.8 Å². The Morgan fingerprint density at radius 2 is 2.13 bits per heavy atom. The minimum Gasteiger partial charge on any atom is -0.496 e. The van der Waals surface area contributed by atoms with Crippen LogP contribution in [0.1, 0.15) is 11.1 Å². The van der Waals surface area contributed by atoms with Gasteiger partial charge in [-0.1, -0.05) is 18.2 Å². The van der Waals surface area contributed by atoms with Crippen molar-refractivity contribution in [3.63, 3.8) is 0 Å². The van der Waals surface area contributed by atoms with E-state index in [1.165, 1.54) is 0 Å². The molecule has 1 aromatic rings. The smallest absolute Gasteiger partial charge is 0.126 e. The van der Waals surface area contributed by atoms with Crippen molar-refractivity contribution in [1.82, 2.24) is 0 Å². The van der Waals surface area contributed by atoms with Gasteiger partial charge in [0.1, 0.15) is 5.75 Å². The average Bonchev–Trinajstić information content (AvgIpc) is 2.27. The predicted molar refractivity (Wildman–Crippen MR) is 61.8 cm³/mol. The molecule has 1 rings (SSSR count). The topological polar surface area (TPSA) is 44.5 Å². The molecular formula is C12H17NO2. The SMILES string of the molecule is COCc1ccc(OC)c(/C=C/CN)c1. The normalized spacial score (nSPS) is 10.9. The highest BCUT2D eigenvalue weighted by atomic mass is 16.5. The van der Waals surface area contributed by atoms with Crippen LogP contribution in [0.4, 0.5) is 0 Å². The quantitative estimate of drug-likeness (QED) is 0.801. The second kappa shape index (κ2) is 6.22. The summed E-state index contributed by atoms with van der Waals surface area (Å²) in [6.07, 6.45) is 3.85. The van der Waals surface area contributed by atoms with Gasteiger partial charge in [0.2, 0.25) is 0 Å². The first-order valence-electron chi connectivity index (χ1n) is 4.84. The van der Waals surface area contributed by atoms with E-state index in [9.17, 15) is 0 Å². The average molecular weight is 207 g/mol. The maximum atomic E-state index is 5.41. The van der Waals surface area contributed by atoms with E-state index < -0.39 is 0 Å². The summed E-state index contributed by atoms with van der Waals surface area (Å²) in [6, 6.07) is 5.96. The third kappa shape index (κ3) is 3.38. The Labute approximate surface area is 90.5 Å². The zero-order chi connectivity index (χ0) is 11.1. The summed E-state index contributed by atoms with van der Waals surface area (Å²) in [4.78, 5) is 0. The number of nitrogens with two attached hydrogens (primary N) is 1. The molecule has 0 fully saturated rings. The highest BCUT2D eigenvalue weighted by molar-refractivity contribution is 5.58. The largest absolute Gasteiger partial charge is 0.496 e. The first kappa shape index (κ1) is 11.8. The van der Waals surface area contributed by atoms with Gasteiger partial charge in [0.05, 0.1) is 13.7 Å². The molecule has 0 aromatic heterocycles. The molecule has 0 spiro atoms. The van der Waals surface area contributed by atoms with E-state index in [-0.39, 0.29) is 0 Å². The van der Waals surface area contributed by atoms with Crippen LogP contribution in [0.25, 0.3) is 6.08 Å². The van der Waals surface area contributed by atoms with Crippen molar-refractivity contribution in [3.05, 3.63) is 35.4 Å². The van der Waals surface area contributed by atoms with Gasteiger partial charge >= 0.3 is 0 Å². The van der Waals surface area contributed by atoms with E-state index in [4.69, 9.17) is 15.2 Å². The van der Waals surface area contributed by atoms with E-state index in [1.807, 2.05) is 30.4 Å². The summed E-state index contributed by atoms with van der Waals surface area (Å²) in [5, 5.41) is 0. The van der Waals surface area contributed by atoms with Gasteiger partial charge in [-0.15, -0.1) is 0 Å². The van der Waals surface area contributed by atoms with Gasteiger partial charge in [0.15, 0.2) is 0 Å². The summed E-state index contributed by atoms with van der Waals surface area (Å²) in [6.45, 7) is 1.13. The fourth-order valence-corrected chi connectivity index (χ4v) is 1.37. The fraction of sp³-hybridized carbons (Fsp3) is 0.333. The number of benzene rings is 1. The molecule has 3 heteroatoms. The second-order valence-corrected chi connectivity index (χ2v) is 3.15. The lowest BCUT2D eigenvalue weighted by molar-refractivity contribution is 0.185. The number of ether oxygens (including phenoxy) is 2. The lowest BCUT2D eigenvalue weighted by Crippen LogP contribution is -1.94. The number of hydrogen-bond donors (Lipinski definition) is 1. The van der Waals surface area contributed by atoms with Crippen LogP contribution in [0, 0.1) is 0 Å². The molecule has 2 N–H and O–H groups in total. The van der Waals surface area contributed by atoms with Crippen LogP contribution < -0.4 is 10.5 Å². The maximum Gasteiger partial charge on any atom is 0.126 e. The van der Waals surface area contributed by atoms with E-state index in [0.717, 1.165) is 16.9 Å². The van der Waals surface area contributed by atoms with Crippen molar-refractivity contribution < 1.29 is 9.47 Å². The molecule has 0 aliphatic carbocycles. The first-order valence-corrected chi connectivity index (χ1v) is 4.84. The van der Waals surface area contributed by atoms with Gasteiger partial charge in [0, 0.05) is 19.2 Å². The number of rotatable bonds is 5. The molecule has 15 heavy (non-hydrogen) atoms. The van der Waals surface area contributed by atoms with E-state index >= 15 is 0 Å². The summed E-state index contributed by atoms with van der Waals surface area (Å²) in [5.74, 6) is 0.847. The standard InChI is InChI=1S/C12H17NO2/c1-14-9-10-5-6-12(15-2)11(8-10)4-3-7-13/h3-6,8H,7,9,13H2,1-2H3/b4-3+. The third-order valence-electron chi connectivity index (χ3n) is 2.04. The van der Waals surface area contributed by atoms with Crippen LogP contribution in [-0.2, 0) is 11.3 Å². The van der Waals surface area contributed by atoms with E-state index in [0.29, 0.717) is 13.2 Å². The van der Waals surface area contributed by atoms with Crippen LogP contribution >= 0.6 is 0 Å². The molecule has 0 bridgehead atoms. The molecule has 0 aliphatic heterocycles. The summed E-state index contributed by atoms with van der Waals surface area (Å²) < 4.78 is 10.3. The minimum atomic E-state index is 0.525. The van der Waals surface area contributed by atoms with Gasteiger partial charge in [-0.2, -0.15) is 0 Å². The fourth-order valence-electron chi connectivity index (χ4n) is 1.37. The highest BCUT2D eigenvalue weighted by Gasteiger charge is 2.00. The molecule has 1 aromatic carbocycles. The highest BCUT2D eigenvalue weighted by Crippen LogP contribution is 2.21. The number of methoxy groups -OCH3 is 2. The van der Waals surface area contributed by atoms with E-state index in [2.05, 4.69) is 0 Å². The monoisotopic (exact) mass is 207 g/mol. The Morgan fingerprint density at radius 1 is 1.33 bits per heavy atom. The van der Waals surface area contributed by atoms with Gasteiger partial charge in [-0.3, -0.25) is 0 Å². The Morgan fingerprint density at radius 3 is 2.73 bits per heavy atom. The van der Waals surface area contributed by atoms with Crippen LogP contribution in [0.5, 0.6) is 5.75 Å². The van der Waals surface area contributed by atoms with Crippen molar-refractivity contribution in [1.29, 1.82) is 0 Å². The Kier molecular flexibility index (Phi) is 4.87. The maximum absolute atomic E-state index is 5.41. The van der Waals surface area contributed by atoms with Crippen molar-refractivity contribution >= 4 is 6.08 Å². The van der Waals surface area contributed by atoms with Crippen molar-refractivity contribution in [2.75, 3.05) is 20.8 Å². The molecule has 0 radical (unpaired) electrons. The lowest BCUT2D eigenvalue weighted by Gasteiger charge is -2.07. The molecule has 0 saturated carbocycles. The van der Waals surface area contributed by atoms with Gasteiger partial charge in [0.25, 0.3) is 0 Å². The molecule has 0 atom stereocenters. The van der Waals surface area contributed by atoms with Crippen molar-refractivity contribution in [3.8, 4) is 5.75 Å². The van der Waals surface area contributed by atoms with Gasteiger partial charge in [-0.25, -0.2) is 0 Å². The Bertz CT molecular complexity index is 334. The van der Waals surface area contributed by atoms with Crippen molar-refractivity contribution in [2.45, 2.75) is 6.61 Å². The first-order chi connectivity index (χ1) is 7.31. The minimum absolute atomic E-state index is 0.525. The predicted octanol–water partition coefficient (Wildman–Crippen LogP) is 1.81. The zero-order valence-corrected chi connectivity index (χ0v) is 9.19. The second-order valence-electron chi connectivity index (χ2n) is 3.15. The van der Waals surface area contributed by atoms with Gasteiger partial charge < -0.3 is 15.2 Å². The molecule has 0 unspecified atom stereocenters. The van der Waals surface area contributed by atoms with E-state index in [1.54, 1.807) is 14.2 Å². The van der Waals surface area contributed by atoms with Crippen LogP contribution in [0.15, 0.2) is 24.3 Å². The molecule has 0 aliphatic rings. The Hall–Kier alpha value is -1.32.